The summed E-state index contributed by atoms with van der Waals surface area (Å²) in [6.07, 6.45) is 0. The predicted octanol–water partition coefficient (Wildman–Crippen LogP) is 3.53. The molecule has 0 saturated heterocycles. The molecular formula is C18H15NO3S. The van der Waals surface area contributed by atoms with Gasteiger partial charge in [-0.15, -0.1) is 11.8 Å². The molecule has 0 spiro atoms. The molecule has 2 aromatic rings. The van der Waals surface area contributed by atoms with Gasteiger partial charge in [-0.3, -0.25) is 0 Å². The van der Waals surface area contributed by atoms with E-state index in [2.05, 4.69) is 5.32 Å². The van der Waals surface area contributed by atoms with Crippen LogP contribution in [-0.2, 0) is 14.3 Å². The smallest absolute Gasteiger partial charge is 0.341 e. The minimum absolute atomic E-state index is 0.266. The number of anilines is 1. The highest BCUT2D eigenvalue weighted by Crippen LogP contribution is 2.36. The average molecular weight is 325 g/mol. The molecule has 1 N–H and O–H groups in total. The first kappa shape index (κ1) is 15.4. The summed E-state index contributed by atoms with van der Waals surface area (Å²) in [6, 6.07) is 14.0. The lowest BCUT2D eigenvalue weighted by atomic mass is 10.1. The van der Waals surface area contributed by atoms with E-state index in [1.165, 1.54) is 11.8 Å². The number of carbonyl (C=O) groups excluding carboxylic acids is 2. The maximum Gasteiger partial charge on any atom is 0.341 e. The second-order valence-electron chi connectivity index (χ2n) is 4.98. The fourth-order valence-electron chi connectivity index (χ4n) is 2.42. The molecular weight excluding hydrogens is 310 g/mol. The van der Waals surface area contributed by atoms with Crippen LogP contribution in [-0.4, -0.2) is 24.3 Å². The van der Waals surface area contributed by atoms with Gasteiger partial charge in [0.1, 0.15) is 11.5 Å². The number of benzene rings is 2. The van der Waals surface area contributed by atoms with Gasteiger partial charge < -0.3 is 10.1 Å². The van der Waals surface area contributed by atoms with E-state index < -0.39 is 5.97 Å². The van der Waals surface area contributed by atoms with Crippen LogP contribution in [0.15, 0.2) is 58.6 Å². The lowest BCUT2D eigenvalue weighted by molar-refractivity contribution is -0.138. The quantitative estimate of drug-likeness (QED) is 0.688. The molecule has 5 heteroatoms. The standard InChI is InChI=1S/C18H15NO3S/c1-2-22-18(21)16-14(10-20)11-23-17(16)19-15-8-7-12-5-3-4-6-13(12)9-15/h3-9,19H,2,11H2,1H3. The monoisotopic (exact) mass is 325 g/mol. The minimum Gasteiger partial charge on any atom is -0.462 e. The largest absolute Gasteiger partial charge is 0.462 e. The fraction of sp³-hybridized carbons (Fsp3) is 0.167. The van der Waals surface area contributed by atoms with E-state index in [4.69, 9.17) is 4.74 Å². The van der Waals surface area contributed by atoms with Crippen molar-refractivity contribution in [1.82, 2.24) is 0 Å². The van der Waals surface area contributed by atoms with E-state index in [1.54, 1.807) is 6.92 Å². The van der Waals surface area contributed by atoms with Crippen LogP contribution in [0.25, 0.3) is 10.8 Å². The Labute approximate surface area is 138 Å². The number of esters is 1. The van der Waals surface area contributed by atoms with Crippen LogP contribution in [0.5, 0.6) is 0 Å². The molecule has 0 unspecified atom stereocenters. The predicted molar refractivity (Wildman–Crippen MR) is 92.9 cm³/mol. The molecule has 1 aliphatic rings. The number of carbonyl (C=O) groups is 1. The van der Waals surface area contributed by atoms with Gasteiger partial charge in [-0.2, -0.15) is 0 Å². The van der Waals surface area contributed by atoms with Crippen LogP contribution < -0.4 is 5.32 Å². The molecule has 3 rings (SSSR count). The van der Waals surface area contributed by atoms with Crippen molar-refractivity contribution in [2.45, 2.75) is 6.92 Å². The van der Waals surface area contributed by atoms with Crippen LogP contribution in [0, 0.1) is 0 Å². The number of thioether (sulfide) groups is 1. The van der Waals surface area contributed by atoms with Gasteiger partial charge in [-0.05, 0) is 29.8 Å². The van der Waals surface area contributed by atoms with Gasteiger partial charge in [0.2, 0.25) is 0 Å². The summed E-state index contributed by atoms with van der Waals surface area (Å²) in [6.45, 7) is 2.00. The van der Waals surface area contributed by atoms with E-state index in [0.717, 1.165) is 16.5 Å². The summed E-state index contributed by atoms with van der Waals surface area (Å²) >= 11 is 1.41. The number of fused-ring (bicyclic) bond motifs is 1. The third-order valence-electron chi connectivity index (χ3n) is 3.50. The molecule has 0 radical (unpaired) electrons. The van der Waals surface area contributed by atoms with Gasteiger partial charge in [0.05, 0.1) is 17.2 Å². The number of hydrogen-bond acceptors (Lipinski definition) is 5. The van der Waals surface area contributed by atoms with Gasteiger partial charge in [0.25, 0.3) is 0 Å². The minimum atomic E-state index is -0.487. The Hall–Kier alpha value is -2.49. The lowest BCUT2D eigenvalue weighted by Crippen LogP contribution is -2.11. The molecule has 23 heavy (non-hydrogen) atoms. The maximum absolute atomic E-state index is 12.1. The molecule has 1 aliphatic heterocycles. The average Bonchev–Trinajstić information content (AvgIpc) is 2.97. The third-order valence-corrected chi connectivity index (χ3v) is 4.53. The summed E-state index contributed by atoms with van der Waals surface area (Å²) in [5.74, 6) is 1.78. The fourth-order valence-corrected chi connectivity index (χ4v) is 3.45. The Morgan fingerprint density at radius 1 is 1.26 bits per heavy atom. The molecule has 116 valence electrons. The highest BCUT2D eigenvalue weighted by atomic mass is 32.2. The normalized spacial score (nSPS) is 14.0. The Balaban J connectivity index is 1.96. The topological polar surface area (TPSA) is 55.4 Å². The number of hydrogen-bond donors (Lipinski definition) is 1. The number of rotatable bonds is 4. The van der Waals surface area contributed by atoms with Crippen molar-refractivity contribution in [3.05, 3.63) is 58.6 Å². The Kier molecular flexibility index (Phi) is 4.51. The molecule has 0 aliphatic carbocycles. The number of nitrogens with one attached hydrogen (secondary N) is 1. The molecule has 4 nitrogen and oxygen atoms in total. The van der Waals surface area contributed by atoms with Gasteiger partial charge >= 0.3 is 5.97 Å². The molecule has 0 saturated carbocycles. The molecule has 1 heterocycles. The van der Waals surface area contributed by atoms with Crippen molar-refractivity contribution >= 4 is 40.1 Å². The summed E-state index contributed by atoms with van der Waals surface area (Å²) in [5, 5.41) is 6.11. The lowest BCUT2D eigenvalue weighted by Gasteiger charge is -2.10. The first-order valence-corrected chi connectivity index (χ1v) is 8.26. The van der Waals surface area contributed by atoms with E-state index >= 15 is 0 Å². The first-order chi connectivity index (χ1) is 11.2. The number of ether oxygens (including phenoxy) is 1. The second kappa shape index (κ2) is 6.73. The molecule has 0 amide bonds. The zero-order valence-corrected chi connectivity index (χ0v) is 13.4. The summed E-state index contributed by atoms with van der Waals surface area (Å²) in [5.41, 5.74) is 1.50. The van der Waals surface area contributed by atoms with Crippen LogP contribution >= 0.6 is 11.8 Å². The summed E-state index contributed by atoms with van der Waals surface area (Å²) in [4.78, 5) is 23.1. The van der Waals surface area contributed by atoms with E-state index in [9.17, 15) is 9.59 Å². The van der Waals surface area contributed by atoms with E-state index in [0.29, 0.717) is 21.9 Å². The molecule has 2 aromatic carbocycles. The third kappa shape index (κ3) is 3.16. The highest BCUT2D eigenvalue weighted by molar-refractivity contribution is 8.03. The van der Waals surface area contributed by atoms with Crippen molar-refractivity contribution in [2.75, 3.05) is 17.7 Å². The maximum atomic E-state index is 12.1. The Morgan fingerprint density at radius 2 is 2.04 bits per heavy atom. The molecule has 0 aromatic heterocycles. The van der Waals surface area contributed by atoms with Gasteiger partial charge in [0, 0.05) is 11.4 Å². The summed E-state index contributed by atoms with van der Waals surface area (Å²) in [7, 11) is 0. The summed E-state index contributed by atoms with van der Waals surface area (Å²) < 4.78 is 5.05. The van der Waals surface area contributed by atoms with Crippen LogP contribution in [0.4, 0.5) is 5.69 Å². The zero-order chi connectivity index (χ0) is 16.2. The SMILES string of the molecule is CCOC(=O)C1=C(Nc2ccc3ccccc3c2)SCC1=C=O. The molecule has 0 atom stereocenters. The van der Waals surface area contributed by atoms with Crippen LogP contribution in [0.1, 0.15) is 6.92 Å². The van der Waals surface area contributed by atoms with Crippen molar-refractivity contribution in [1.29, 1.82) is 0 Å². The van der Waals surface area contributed by atoms with Crippen molar-refractivity contribution in [2.24, 2.45) is 0 Å². The van der Waals surface area contributed by atoms with Crippen LogP contribution in [0.2, 0.25) is 0 Å². The Bertz CT molecular complexity index is 850. The molecule has 0 fully saturated rings. The van der Waals surface area contributed by atoms with E-state index in [1.807, 2.05) is 48.4 Å². The van der Waals surface area contributed by atoms with Crippen LogP contribution in [0.3, 0.4) is 0 Å². The Morgan fingerprint density at radius 3 is 2.78 bits per heavy atom. The van der Waals surface area contributed by atoms with Crippen molar-refractivity contribution < 1.29 is 14.3 Å². The highest BCUT2D eigenvalue weighted by Gasteiger charge is 2.28. The van der Waals surface area contributed by atoms with Crippen molar-refractivity contribution in [3.8, 4) is 0 Å². The van der Waals surface area contributed by atoms with Gasteiger partial charge in [0.15, 0.2) is 0 Å². The van der Waals surface area contributed by atoms with E-state index in [-0.39, 0.29) is 6.61 Å². The molecule has 0 bridgehead atoms. The first-order valence-electron chi connectivity index (χ1n) is 7.27. The zero-order valence-electron chi connectivity index (χ0n) is 12.6. The van der Waals surface area contributed by atoms with Crippen molar-refractivity contribution in [3.63, 3.8) is 0 Å². The van der Waals surface area contributed by atoms with Gasteiger partial charge in [-0.25, -0.2) is 9.59 Å². The van der Waals surface area contributed by atoms with Gasteiger partial charge in [-0.1, -0.05) is 30.3 Å². The second-order valence-corrected chi connectivity index (χ2v) is 5.97.